The second-order valence-electron chi connectivity index (χ2n) is 3.83. The van der Waals surface area contributed by atoms with Crippen LogP contribution in [-0.4, -0.2) is 40.8 Å². The molecule has 12 heteroatoms. The summed E-state index contributed by atoms with van der Waals surface area (Å²) in [6.45, 7) is 0. The summed E-state index contributed by atoms with van der Waals surface area (Å²) in [4.78, 5) is 3.73. The molecule has 1 rings (SSSR count). The van der Waals surface area contributed by atoms with Crippen LogP contribution < -0.4 is 3.71 Å². The molecule has 1 aromatic heterocycles. The third kappa shape index (κ3) is 4.46. The van der Waals surface area contributed by atoms with E-state index in [1.54, 1.807) is 0 Å². The fourth-order valence-corrected chi connectivity index (χ4v) is 4.07. The number of nitrogens with zero attached hydrogens (tertiary/aromatic N) is 3. The van der Waals surface area contributed by atoms with Crippen molar-refractivity contribution in [2.24, 2.45) is 0 Å². The van der Waals surface area contributed by atoms with Crippen molar-refractivity contribution in [1.82, 2.24) is 9.29 Å². The van der Waals surface area contributed by atoms with E-state index in [0.29, 0.717) is 3.71 Å². The van der Waals surface area contributed by atoms with Crippen LogP contribution in [0.2, 0.25) is 0 Å². The predicted molar refractivity (Wildman–Crippen MR) is 82.2 cm³/mol. The zero-order chi connectivity index (χ0) is 16.5. The normalized spacial score (nSPS) is 13.5. The molecule has 0 aromatic carbocycles. The maximum absolute atomic E-state index is 13.2. The molecule has 0 N–H and O–H groups in total. The van der Waals surface area contributed by atoms with Crippen molar-refractivity contribution >= 4 is 62.6 Å². The molecule has 0 saturated carbocycles. The van der Waals surface area contributed by atoms with Gasteiger partial charge in [0, 0.05) is 32.2 Å². The Labute approximate surface area is 140 Å². The van der Waals surface area contributed by atoms with E-state index in [-0.39, 0.29) is 17.6 Å². The highest BCUT2D eigenvalue weighted by Gasteiger charge is 2.54. The molecule has 0 amide bonds. The molecular weight excluding hydrogens is 391 g/mol. The van der Waals surface area contributed by atoms with Gasteiger partial charge >= 0.3 is 15.6 Å². The van der Waals surface area contributed by atoms with Crippen LogP contribution in [-0.2, 0) is 10.2 Å². The van der Waals surface area contributed by atoms with E-state index < -0.39 is 19.3 Å². The average molecular weight is 401 g/mol. The van der Waals surface area contributed by atoms with Crippen molar-refractivity contribution in [3.8, 4) is 0 Å². The second kappa shape index (κ2) is 6.59. The predicted octanol–water partition coefficient (Wildman–Crippen LogP) is 3.31. The van der Waals surface area contributed by atoms with Crippen LogP contribution in [0.25, 0.3) is 0 Å². The topological polar surface area (TPSA) is 53.5 Å². The quantitative estimate of drug-likeness (QED) is 0.543. The lowest BCUT2D eigenvalue weighted by Gasteiger charge is -2.32. The van der Waals surface area contributed by atoms with Gasteiger partial charge in [-0.1, -0.05) is 23.2 Å². The number of hydrogen-bond acceptors (Lipinski definition) is 4. The van der Waals surface area contributed by atoms with Crippen LogP contribution in [0.3, 0.4) is 0 Å². The molecule has 0 aliphatic heterocycles. The smallest absolute Gasteiger partial charge is 0.262 e. The lowest BCUT2D eigenvalue weighted by atomic mass is 10.4. The number of anilines is 1. The van der Waals surface area contributed by atoms with Gasteiger partial charge in [-0.25, -0.2) is 0 Å². The van der Waals surface area contributed by atoms with Crippen molar-refractivity contribution in [2.45, 2.75) is 9.05 Å². The second-order valence-corrected chi connectivity index (χ2v) is 9.47. The summed E-state index contributed by atoms with van der Waals surface area (Å²) in [6.07, 6.45) is 2.55. The standard InChI is InChI=1S/C9H10Cl3F2N3O2S2/c1-16(2)21(18,19)17(7-4-3-5-15-6-7)20-8(10,11)9(12,13)14/h3-6H,1-2H3. The maximum atomic E-state index is 13.2. The summed E-state index contributed by atoms with van der Waals surface area (Å²) in [7, 11) is -1.71. The molecule has 0 bridgehead atoms. The summed E-state index contributed by atoms with van der Waals surface area (Å²) < 4.78 is 49.3. The molecule has 5 nitrogen and oxygen atoms in total. The van der Waals surface area contributed by atoms with E-state index in [1.165, 1.54) is 32.4 Å². The molecule has 1 aromatic rings. The highest BCUT2D eigenvalue weighted by Crippen LogP contribution is 2.52. The van der Waals surface area contributed by atoms with Gasteiger partial charge in [-0.3, -0.25) is 4.98 Å². The van der Waals surface area contributed by atoms with Crippen molar-refractivity contribution in [1.29, 1.82) is 0 Å². The number of alkyl halides is 5. The highest BCUT2D eigenvalue weighted by atomic mass is 35.5. The molecule has 0 fully saturated rings. The van der Waals surface area contributed by atoms with Gasteiger partial charge in [0.05, 0.1) is 11.9 Å². The number of aromatic nitrogens is 1. The molecule has 0 saturated heterocycles. The van der Waals surface area contributed by atoms with Gasteiger partial charge in [-0.2, -0.15) is 25.2 Å². The summed E-state index contributed by atoms with van der Waals surface area (Å²) in [5.74, 6) is 0. The lowest BCUT2D eigenvalue weighted by Crippen LogP contribution is -2.41. The fourth-order valence-electron chi connectivity index (χ4n) is 0.999. The molecular formula is C9H10Cl3F2N3O2S2. The van der Waals surface area contributed by atoms with Gasteiger partial charge in [-0.15, -0.1) is 0 Å². The Bertz CT molecular complexity index is 582. The minimum Gasteiger partial charge on any atom is -0.262 e. The van der Waals surface area contributed by atoms with Crippen LogP contribution in [0.1, 0.15) is 0 Å². The molecule has 0 spiro atoms. The van der Waals surface area contributed by atoms with E-state index in [0.717, 1.165) is 10.5 Å². The maximum Gasteiger partial charge on any atom is 0.365 e. The van der Waals surface area contributed by atoms with Crippen molar-refractivity contribution in [3.05, 3.63) is 24.5 Å². The summed E-state index contributed by atoms with van der Waals surface area (Å²) in [6, 6.07) is 2.77. The number of hydrogen-bond donors (Lipinski definition) is 0. The van der Waals surface area contributed by atoms with Gasteiger partial charge in [-0.05, 0) is 23.7 Å². The van der Waals surface area contributed by atoms with Crippen molar-refractivity contribution < 1.29 is 17.2 Å². The first kappa shape index (κ1) is 19.0. The third-order valence-electron chi connectivity index (χ3n) is 2.06. The van der Waals surface area contributed by atoms with Gasteiger partial charge < -0.3 is 0 Å². The number of pyridine rings is 1. The van der Waals surface area contributed by atoms with Crippen molar-refractivity contribution in [3.63, 3.8) is 0 Å². The van der Waals surface area contributed by atoms with E-state index in [9.17, 15) is 17.2 Å². The van der Waals surface area contributed by atoms with Gasteiger partial charge in [0.25, 0.3) is 3.67 Å². The summed E-state index contributed by atoms with van der Waals surface area (Å²) >= 11 is 15.7. The highest BCUT2D eigenvalue weighted by molar-refractivity contribution is 8.16. The molecule has 120 valence electrons. The Morgan fingerprint density at radius 3 is 2.24 bits per heavy atom. The van der Waals surface area contributed by atoms with Crippen LogP contribution in [0.15, 0.2) is 24.5 Å². The van der Waals surface area contributed by atoms with Crippen LogP contribution in [0.5, 0.6) is 0 Å². The largest absolute Gasteiger partial charge is 0.365 e. The Morgan fingerprint density at radius 2 is 1.86 bits per heavy atom. The van der Waals surface area contributed by atoms with Gasteiger partial charge in [0.15, 0.2) is 0 Å². The molecule has 0 atom stereocenters. The first-order valence-corrected chi connectivity index (χ1v) is 8.46. The number of rotatable bonds is 6. The van der Waals surface area contributed by atoms with E-state index in [1.807, 2.05) is 0 Å². The van der Waals surface area contributed by atoms with Gasteiger partial charge in [0.2, 0.25) is 0 Å². The first-order chi connectivity index (χ1) is 9.39. The van der Waals surface area contributed by atoms with Crippen molar-refractivity contribution in [2.75, 3.05) is 17.8 Å². The first-order valence-electron chi connectivity index (χ1n) is 5.16. The molecule has 0 aliphatic carbocycles. The summed E-state index contributed by atoms with van der Waals surface area (Å²) in [5.41, 5.74) is -0.0113. The van der Waals surface area contributed by atoms with E-state index in [4.69, 9.17) is 34.8 Å². The van der Waals surface area contributed by atoms with E-state index >= 15 is 0 Å². The van der Waals surface area contributed by atoms with Crippen LogP contribution in [0, 0.1) is 0 Å². The Hall–Kier alpha value is -0.0600. The molecule has 0 aliphatic rings. The van der Waals surface area contributed by atoms with Crippen LogP contribution in [0.4, 0.5) is 14.5 Å². The lowest BCUT2D eigenvalue weighted by molar-refractivity contribution is 0.103. The Morgan fingerprint density at radius 1 is 1.29 bits per heavy atom. The monoisotopic (exact) mass is 399 g/mol. The SMILES string of the molecule is CN(C)S(=O)(=O)N(SC(Cl)(Cl)C(F)(F)Cl)c1cccnc1. The Kier molecular flexibility index (Phi) is 5.96. The summed E-state index contributed by atoms with van der Waals surface area (Å²) in [5, 5.41) is -4.07. The zero-order valence-corrected chi connectivity index (χ0v) is 14.6. The number of halogens is 5. The zero-order valence-electron chi connectivity index (χ0n) is 10.7. The molecule has 21 heavy (non-hydrogen) atoms. The Balaban J connectivity index is 3.30. The molecule has 1 heterocycles. The fraction of sp³-hybridized carbons (Fsp3) is 0.444. The van der Waals surface area contributed by atoms with E-state index in [2.05, 4.69) is 4.98 Å². The molecule has 0 radical (unpaired) electrons. The van der Waals surface area contributed by atoms with Gasteiger partial charge in [0.1, 0.15) is 0 Å². The average Bonchev–Trinajstić information content (AvgIpc) is 2.35. The van der Waals surface area contributed by atoms with Crippen LogP contribution >= 0.6 is 46.8 Å². The minimum atomic E-state index is -4.16. The third-order valence-corrected chi connectivity index (χ3v) is 6.74. The molecule has 0 unspecified atom stereocenters. The minimum absolute atomic E-state index is 0.0113.